The highest BCUT2D eigenvalue weighted by Gasteiger charge is 2.26. The maximum atomic E-state index is 11.8. The molecule has 0 heterocycles. The Kier molecular flexibility index (Phi) is 6.12. The maximum absolute atomic E-state index is 11.8. The lowest BCUT2D eigenvalue weighted by atomic mass is 9.79. The Hall–Kier alpha value is -1.26. The number of carbonyl (C=O) groups excluding carboxylic acids is 1. The van der Waals surface area contributed by atoms with Crippen LogP contribution in [0.4, 0.5) is 4.79 Å². The molecule has 0 bridgehead atoms. The quantitative estimate of drug-likeness (QED) is 0.717. The molecule has 1 rings (SSSR count). The summed E-state index contributed by atoms with van der Waals surface area (Å²) in [5.41, 5.74) is 0. The van der Waals surface area contributed by atoms with E-state index in [0.29, 0.717) is 18.3 Å². The number of rotatable bonds is 5. The van der Waals surface area contributed by atoms with Crippen LogP contribution < -0.4 is 10.6 Å². The van der Waals surface area contributed by atoms with Crippen molar-refractivity contribution in [2.45, 2.75) is 65.0 Å². The molecule has 4 unspecified atom stereocenters. The van der Waals surface area contributed by atoms with Gasteiger partial charge in [0.25, 0.3) is 0 Å². The van der Waals surface area contributed by atoms with Gasteiger partial charge in [-0.15, -0.1) is 0 Å². The van der Waals surface area contributed by atoms with E-state index in [4.69, 9.17) is 5.11 Å². The molecule has 0 aromatic heterocycles. The highest BCUT2D eigenvalue weighted by molar-refractivity contribution is 5.82. The summed E-state index contributed by atoms with van der Waals surface area (Å²) in [5, 5.41) is 14.4. The van der Waals surface area contributed by atoms with Gasteiger partial charge in [-0.3, -0.25) is 0 Å². The van der Waals surface area contributed by atoms with Gasteiger partial charge in [0.15, 0.2) is 0 Å². The van der Waals surface area contributed by atoms with Crippen LogP contribution in [0.1, 0.15) is 52.9 Å². The highest BCUT2D eigenvalue weighted by atomic mass is 16.4. The van der Waals surface area contributed by atoms with Crippen LogP contribution >= 0.6 is 0 Å². The molecule has 110 valence electrons. The molecular formula is C14H26N2O3. The zero-order chi connectivity index (χ0) is 14.4. The van der Waals surface area contributed by atoms with Crippen molar-refractivity contribution in [2.24, 2.45) is 11.8 Å². The molecule has 5 heteroatoms. The molecule has 5 nitrogen and oxygen atoms in total. The van der Waals surface area contributed by atoms with Crippen LogP contribution in [0.3, 0.4) is 0 Å². The predicted molar refractivity (Wildman–Crippen MR) is 74.0 cm³/mol. The number of aliphatic carboxylic acids is 1. The van der Waals surface area contributed by atoms with Gasteiger partial charge < -0.3 is 15.7 Å². The Bertz CT molecular complexity index is 320. The summed E-state index contributed by atoms with van der Waals surface area (Å²) >= 11 is 0. The summed E-state index contributed by atoms with van der Waals surface area (Å²) in [7, 11) is 0. The number of urea groups is 1. The summed E-state index contributed by atoms with van der Waals surface area (Å²) < 4.78 is 0. The van der Waals surface area contributed by atoms with E-state index in [1.54, 1.807) is 0 Å². The molecule has 0 aliphatic heterocycles. The molecule has 1 aliphatic carbocycles. The molecular weight excluding hydrogens is 244 g/mol. The van der Waals surface area contributed by atoms with E-state index in [1.807, 2.05) is 6.92 Å². The molecule has 19 heavy (non-hydrogen) atoms. The van der Waals surface area contributed by atoms with Crippen molar-refractivity contribution in [3.63, 3.8) is 0 Å². The predicted octanol–water partition coefficient (Wildman–Crippen LogP) is 2.36. The number of carbonyl (C=O) groups is 2. The van der Waals surface area contributed by atoms with Gasteiger partial charge in [-0.1, -0.05) is 27.2 Å². The third-order valence-electron chi connectivity index (χ3n) is 4.11. The van der Waals surface area contributed by atoms with Crippen LogP contribution in [0, 0.1) is 11.8 Å². The van der Waals surface area contributed by atoms with Crippen molar-refractivity contribution in [1.82, 2.24) is 10.6 Å². The van der Waals surface area contributed by atoms with Gasteiger partial charge in [0, 0.05) is 6.04 Å². The molecule has 1 aliphatic rings. The van der Waals surface area contributed by atoms with Crippen LogP contribution in [0.5, 0.6) is 0 Å². The molecule has 4 atom stereocenters. The Morgan fingerprint density at radius 1 is 1.26 bits per heavy atom. The topological polar surface area (TPSA) is 78.4 Å². The van der Waals surface area contributed by atoms with Crippen LogP contribution in [0.15, 0.2) is 0 Å². The first-order valence-electron chi connectivity index (χ1n) is 7.23. The van der Waals surface area contributed by atoms with Gasteiger partial charge >= 0.3 is 12.0 Å². The van der Waals surface area contributed by atoms with Crippen molar-refractivity contribution < 1.29 is 14.7 Å². The lowest BCUT2D eigenvalue weighted by Crippen LogP contribution is -2.50. The number of nitrogens with one attached hydrogen (secondary N) is 2. The van der Waals surface area contributed by atoms with Gasteiger partial charge in [0.05, 0.1) is 0 Å². The second-order valence-corrected chi connectivity index (χ2v) is 5.76. The Morgan fingerprint density at radius 3 is 2.47 bits per heavy atom. The van der Waals surface area contributed by atoms with Crippen LogP contribution in [0.25, 0.3) is 0 Å². The van der Waals surface area contributed by atoms with Crippen molar-refractivity contribution in [1.29, 1.82) is 0 Å². The van der Waals surface area contributed by atoms with E-state index in [9.17, 15) is 9.59 Å². The average molecular weight is 270 g/mol. The maximum Gasteiger partial charge on any atom is 0.326 e. The summed E-state index contributed by atoms with van der Waals surface area (Å²) in [6, 6.07) is -0.972. The lowest BCUT2D eigenvalue weighted by molar-refractivity contribution is -0.139. The monoisotopic (exact) mass is 270 g/mol. The SMILES string of the molecule is CCCC(NC(=O)NC1CCC(C)C(C)C1)C(=O)O. The minimum Gasteiger partial charge on any atom is -0.480 e. The fourth-order valence-electron chi connectivity index (χ4n) is 2.61. The Balaban J connectivity index is 2.40. The van der Waals surface area contributed by atoms with Crippen molar-refractivity contribution >= 4 is 12.0 Å². The van der Waals surface area contributed by atoms with Crippen molar-refractivity contribution in [2.75, 3.05) is 0 Å². The molecule has 2 amide bonds. The molecule has 0 radical (unpaired) electrons. The van der Waals surface area contributed by atoms with Crippen LogP contribution in [-0.2, 0) is 4.79 Å². The minimum absolute atomic E-state index is 0.169. The Labute approximate surface area is 115 Å². The molecule has 0 saturated heterocycles. The van der Waals surface area contributed by atoms with Crippen molar-refractivity contribution in [3.05, 3.63) is 0 Å². The molecule has 0 aromatic rings. The zero-order valence-electron chi connectivity index (χ0n) is 12.1. The first-order valence-corrected chi connectivity index (χ1v) is 7.23. The van der Waals surface area contributed by atoms with Gasteiger partial charge in [0.2, 0.25) is 0 Å². The van der Waals surface area contributed by atoms with E-state index in [2.05, 4.69) is 24.5 Å². The number of carboxylic acid groups (broad SMARTS) is 1. The average Bonchev–Trinajstić information content (AvgIpc) is 2.33. The number of carboxylic acids is 1. The lowest BCUT2D eigenvalue weighted by Gasteiger charge is -2.32. The van der Waals surface area contributed by atoms with Crippen LogP contribution in [0.2, 0.25) is 0 Å². The fourth-order valence-corrected chi connectivity index (χ4v) is 2.61. The third-order valence-corrected chi connectivity index (χ3v) is 4.11. The van der Waals surface area contributed by atoms with Gasteiger partial charge in [-0.05, 0) is 37.5 Å². The fraction of sp³-hybridized carbons (Fsp3) is 0.857. The van der Waals surface area contributed by atoms with Gasteiger partial charge in [0.1, 0.15) is 6.04 Å². The van der Waals surface area contributed by atoms with Gasteiger partial charge in [-0.25, -0.2) is 9.59 Å². The molecule has 0 spiro atoms. The highest BCUT2D eigenvalue weighted by Crippen LogP contribution is 2.29. The first-order chi connectivity index (χ1) is 8.93. The molecule has 3 N–H and O–H groups in total. The summed E-state index contributed by atoms with van der Waals surface area (Å²) in [6.45, 7) is 6.34. The van der Waals surface area contributed by atoms with E-state index in [1.165, 1.54) is 0 Å². The summed E-state index contributed by atoms with van der Waals surface area (Å²) in [6.07, 6.45) is 4.25. The third kappa shape index (κ3) is 5.09. The smallest absolute Gasteiger partial charge is 0.326 e. The van der Waals surface area contributed by atoms with Crippen molar-refractivity contribution in [3.8, 4) is 0 Å². The summed E-state index contributed by atoms with van der Waals surface area (Å²) in [5.74, 6) is 0.334. The second kappa shape index (κ2) is 7.36. The number of hydrogen-bond acceptors (Lipinski definition) is 2. The van der Waals surface area contributed by atoms with E-state index in [-0.39, 0.29) is 12.1 Å². The first kappa shape index (κ1) is 15.8. The van der Waals surface area contributed by atoms with E-state index >= 15 is 0 Å². The largest absolute Gasteiger partial charge is 0.480 e. The standard InChI is InChI=1S/C14H26N2O3/c1-4-5-12(13(17)18)16-14(19)15-11-7-6-9(2)10(3)8-11/h9-12H,4-8H2,1-3H3,(H,17,18)(H2,15,16,19). The molecule has 0 aromatic carbocycles. The molecule has 1 saturated carbocycles. The van der Waals surface area contributed by atoms with E-state index in [0.717, 1.165) is 25.7 Å². The normalized spacial score (nSPS) is 28.5. The van der Waals surface area contributed by atoms with E-state index < -0.39 is 12.0 Å². The molecule has 1 fully saturated rings. The zero-order valence-corrected chi connectivity index (χ0v) is 12.1. The minimum atomic E-state index is -0.970. The summed E-state index contributed by atoms with van der Waals surface area (Å²) in [4.78, 5) is 22.8. The second-order valence-electron chi connectivity index (χ2n) is 5.76. The number of amides is 2. The Morgan fingerprint density at radius 2 is 1.95 bits per heavy atom. The number of hydrogen-bond donors (Lipinski definition) is 3. The van der Waals surface area contributed by atoms with Gasteiger partial charge in [-0.2, -0.15) is 0 Å². The van der Waals surface area contributed by atoms with Crippen LogP contribution in [-0.4, -0.2) is 29.2 Å².